The molecule has 0 unspecified atom stereocenters. The number of H-pyrrole nitrogens is 1. The van der Waals surface area contributed by atoms with Gasteiger partial charge in [0.05, 0.1) is 13.4 Å². The molecular weight excluding hydrogens is 258 g/mol. The molecular formula is C13H13N5O2. The molecule has 0 bridgehead atoms. The van der Waals surface area contributed by atoms with Crippen LogP contribution in [0.4, 0.5) is 5.82 Å². The van der Waals surface area contributed by atoms with Crippen molar-refractivity contribution in [1.29, 1.82) is 0 Å². The first kappa shape index (κ1) is 12.2. The van der Waals surface area contributed by atoms with Crippen LogP contribution in [-0.4, -0.2) is 32.2 Å². The Hall–Kier alpha value is -2.83. The lowest BCUT2D eigenvalue weighted by molar-refractivity contribution is 0.407. The van der Waals surface area contributed by atoms with Crippen molar-refractivity contribution in [3.05, 3.63) is 36.4 Å². The molecule has 3 rings (SSSR count). The summed E-state index contributed by atoms with van der Waals surface area (Å²) >= 11 is 0. The number of benzene rings is 1. The highest BCUT2D eigenvalue weighted by Crippen LogP contribution is 2.22. The number of aromatic hydroxyl groups is 1. The van der Waals surface area contributed by atoms with E-state index in [1.54, 1.807) is 25.6 Å². The van der Waals surface area contributed by atoms with Crippen LogP contribution in [0.1, 0.15) is 5.56 Å². The highest BCUT2D eigenvalue weighted by Gasteiger charge is 2.06. The molecule has 0 spiro atoms. The molecule has 0 radical (unpaired) electrons. The number of rotatable bonds is 4. The first-order chi connectivity index (χ1) is 9.76. The highest BCUT2D eigenvalue weighted by atomic mass is 16.5. The molecule has 3 aromatic rings. The van der Waals surface area contributed by atoms with Crippen LogP contribution in [0.2, 0.25) is 0 Å². The van der Waals surface area contributed by atoms with Gasteiger partial charge in [-0.1, -0.05) is 0 Å². The molecule has 3 N–H and O–H groups in total. The van der Waals surface area contributed by atoms with Crippen LogP contribution < -0.4 is 10.1 Å². The fourth-order valence-corrected chi connectivity index (χ4v) is 1.94. The number of nitrogens with one attached hydrogen (secondary N) is 2. The monoisotopic (exact) mass is 271 g/mol. The van der Waals surface area contributed by atoms with Crippen molar-refractivity contribution in [3.8, 4) is 11.5 Å². The zero-order valence-corrected chi connectivity index (χ0v) is 10.8. The van der Waals surface area contributed by atoms with Gasteiger partial charge in [0.2, 0.25) is 0 Å². The van der Waals surface area contributed by atoms with Gasteiger partial charge in [-0.2, -0.15) is 0 Å². The molecule has 1 aromatic carbocycles. The maximum absolute atomic E-state index is 9.61. The normalized spacial score (nSPS) is 10.7. The maximum Gasteiger partial charge on any atom is 0.162 e. The topological polar surface area (TPSA) is 96.0 Å². The molecule has 102 valence electrons. The molecule has 0 amide bonds. The van der Waals surface area contributed by atoms with E-state index in [-0.39, 0.29) is 5.75 Å². The minimum absolute atomic E-state index is 0.161. The maximum atomic E-state index is 9.61. The molecule has 7 heteroatoms. The molecule has 2 heterocycles. The van der Waals surface area contributed by atoms with Gasteiger partial charge < -0.3 is 20.1 Å². The van der Waals surface area contributed by atoms with Gasteiger partial charge in [0.15, 0.2) is 11.5 Å². The van der Waals surface area contributed by atoms with Crippen molar-refractivity contribution in [1.82, 2.24) is 19.9 Å². The SMILES string of the molecule is COc1cc(O)cc(CNc2ncnc3[nH]cnc23)c1. The van der Waals surface area contributed by atoms with Crippen molar-refractivity contribution in [2.75, 3.05) is 12.4 Å². The Bertz CT molecular complexity index is 740. The standard InChI is InChI=1S/C13H13N5O2/c1-20-10-3-8(2-9(19)4-10)5-14-12-11-13(16-6-15-11)18-7-17-12/h2-4,6-7,19H,5H2,1H3,(H2,14,15,16,17,18). The first-order valence-electron chi connectivity index (χ1n) is 6.01. The fraction of sp³-hybridized carbons (Fsp3) is 0.154. The second-order valence-electron chi connectivity index (χ2n) is 4.21. The van der Waals surface area contributed by atoms with Crippen LogP contribution in [-0.2, 0) is 6.54 Å². The zero-order valence-electron chi connectivity index (χ0n) is 10.8. The summed E-state index contributed by atoms with van der Waals surface area (Å²) in [4.78, 5) is 15.3. The third kappa shape index (κ3) is 2.33. The zero-order chi connectivity index (χ0) is 13.9. The summed E-state index contributed by atoms with van der Waals surface area (Å²) in [7, 11) is 1.56. The average Bonchev–Trinajstić information content (AvgIpc) is 2.93. The Kier molecular flexibility index (Phi) is 3.08. The summed E-state index contributed by atoms with van der Waals surface area (Å²) in [5.74, 6) is 1.40. The molecule has 2 aromatic heterocycles. The van der Waals surface area contributed by atoms with Gasteiger partial charge in [0.1, 0.15) is 23.3 Å². The third-order valence-electron chi connectivity index (χ3n) is 2.86. The number of aromatic nitrogens is 4. The number of phenolic OH excluding ortho intramolecular Hbond substituents is 1. The quantitative estimate of drug-likeness (QED) is 0.668. The lowest BCUT2D eigenvalue weighted by Crippen LogP contribution is -2.02. The number of anilines is 1. The molecule has 0 atom stereocenters. The van der Waals surface area contributed by atoms with Crippen molar-refractivity contribution < 1.29 is 9.84 Å². The second-order valence-corrected chi connectivity index (χ2v) is 4.21. The summed E-state index contributed by atoms with van der Waals surface area (Å²) in [5, 5.41) is 12.8. The number of nitrogens with zero attached hydrogens (tertiary/aromatic N) is 3. The molecule has 7 nitrogen and oxygen atoms in total. The smallest absolute Gasteiger partial charge is 0.162 e. The van der Waals surface area contributed by atoms with E-state index in [9.17, 15) is 5.11 Å². The second kappa shape index (κ2) is 5.04. The Morgan fingerprint density at radius 1 is 1.25 bits per heavy atom. The molecule has 0 saturated heterocycles. The minimum atomic E-state index is 0.161. The van der Waals surface area contributed by atoms with Crippen molar-refractivity contribution in [2.24, 2.45) is 0 Å². The van der Waals surface area contributed by atoms with Crippen LogP contribution in [0.3, 0.4) is 0 Å². The average molecular weight is 271 g/mol. The van der Waals surface area contributed by atoms with E-state index in [1.165, 1.54) is 6.33 Å². The van der Waals surface area contributed by atoms with Crippen LogP contribution in [0.25, 0.3) is 11.2 Å². The van der Waals surface area contributed by atoms with E-state index in [0.29, 0.717) is 29.3 Å². The Labute approximate surface area is 114 Å². The Morgan fingerprint density at radius 3 is 3.00 bits per heavy atom. The van der Waals surface area contributed by atoms with E-state index >= 15 is 0 Å². The van der Waals surface area contributed by atoms with Gasteiger partial charge in [-0.25, -0.2) is 15.0 Å². The third-order valence-corrected chi connectivity index (χ3v) is 2.86. The minimum Gasteiger partial charge on any atom is -0.508 e. The lowest BCUT2D eigenvalue weighted by atomic mass is 10.2. The van der Waals surface area contributed by atoms with Crippen molar-refractivity contribution >= 4 is 17.0 Å². The van der Waals surface area contributed by atoms with E-state index in [2.05, 4.69) is 25.3 Å². The summed E-state index contributed by atoms with van der Waals surface area (Å²) in [6.07, 6.45) is 3.04. The summed E-state index contributed by atoms with van der Waals surface area (Å²) in [6.45, 7) is 0.490. The van der Waals surface area contributed by atoms with Crippen LogP contribution >= 0.6 is 0 Å². The van der Waals surface area contributed by atoms with Gasteiger partial charge in [-0.3, -0.25) is 0 Å². The molecule has 0 aliphatic rings. The predicted molar refractivity (Wildman–Crippen MR) is 73.7 cm³/mol. The number of methoxy groups -OCH3 is 1. The van der Waals surface area contributed by atoms with Crippen molar-refractivity contribution in [3.63, 3.8) is 0 Å². The Balaban J connectivity index is 1.82. The molecule has 0 fully saturated rings. The summed E-state index contributed by atoms with van der Waals surface area (Å²) < 4.78 is 5.11. The van der Waals surface area contributed by atoms with E-state index in [0.717, 1.165) is 5.56 Å². The molecule has 0 saturated carbocycles. The van der Waals surface area contributed by atoms with Crippen LogP contribution in [0, 0.1) is 0 Å². The number of phenols is 1. The summed E-state index contributed by atoms with van der Waals surface area (Å²) in [5.41, 5.74) is 2.24. The highest BCUT2D eigenvalue weighted by molar-refractivity contribution is 5.81. The van der Waals surface area contributed by atoms with Gasteiger partial charge in [-0.05, 0) is 17.7 Å². The van der Waals surface area contributed by atoms with Crippen molar-refractivity contribution in [2.45, 2.75) is 6.54 Å². The lowest BCUT2D eigenvalue weighted by Gasteiger charge is -2.08. The summed E-state index contributed by atoms with van der Waals surface area (Å²) in [6, 6.07) is 5.06. The molecule has 20 heavy (non-hydrogen) atoms. The molecule has 0 aliphatic heterocycles. The largest absolute Gasteiger partial charge is 0.508 e. The van der Waals surface area contributed by atoms with E-state index < -0.39 is 0 Å². The van der Waals surface area contributed by atoms with Crippen LogP contribution in [0.5, 0.6) is 11.5 Å². The van der Waals surface area contributed by atoms with Gasteiger partial charge in [-0.15, -0.1) is 0 Å². The van der Waals surface area contributed by atoms with Gasteiger partial charge in [0.25, 0.3) is 0 Å². The number of imidazole rings is 1. The fourth-order valence-electron chi connectivity index (χ4n) is 1.94. The Morgan fingerprint density at radius 2 is 2.15 bits per heavy atom. The molecule has 0 aliphatic carbocycles. The number of fused-ring (bicyclic) bond motifs is 1. The number of hydrogen-bond acceptors (Lipinski definition) is 6. The predicted octanol–water partition coefficient (Wildman–Crippen LogP) is 1.68. The number of hydrogen-bond donors (Lipinski definition) is 3. The van der Waals surface area contributed by atoms with Gasteiger partial charge in [0, 0.05) is 12.6 Å². The number of aromatic amines is 1. The van der Waals surface area contributed by atoms with E-state index in [1.807, 2.05) is 6.07 Å². The first-order valence-corrected chi connectivity index (χ1v) is 6.01. The van der Waals surface area contributed by atoms with Crippen LogP contribution in [0.15, 0.2) is 30.9 Å². The number of ether oxygens (including phenoxy) is 1. The van der Waals surface area contributed by atoms with Gasteiger partial charge >= 0.3 is 0 Å². The van der Waals surface area contributed by atoms with E-state index in [4.69, 9.17) is 4.74 Å².